The van der Waals surface area contributed by atoms with E-state index in [1.54, 1.807) is 13.1 Å². The number of nitrogens with zero attached hydrogens (tertiary/aromatic N) is 4. The van der Waals surface area contributed by atoms with Crippen LogP contribution in [0.5, 0.6) is 0 Å². The number of anilines is 1. The highest BCUT2D eigenvalue weighted by Gasteiger charge is 2.24. The number of carbonyl (C=O) groups is 2. The molecule has 0 saturated carbocycles. The molecule has 0 radical (unpaired) electrons. The molecule has 1 amide bonds. The molecule has 7 heteroatoms. The van der Waals surface area contributed by atoms with Gasteiger partial charge in [-0.3, -0.25) is 9.59 Å². The Labute approximate surface area is 206 Å². The Morgan fingerprint density at radius 2 is 1.63 bits per heavy atom. The molecule has 1 aliphatic rings. The summed E-state index contributed by atoms with van der Waals surface area (Å²) < 4.78 is 0. The molecule has 0 bridgehead atoms. The van der Waals surface area contributed by atoms with Crippen molar-refractivity contribution in [1.29, 1.82) is 0 Å². The van der Waals surface area contributed by atoms with Gasteiger partial charge in [0.25, 0.3) is 5.91 Å². The van der Waals surface area contributed by atoms with Crippen LogP contribution in [0.25, 0.3) is 0 Å². The minimum absolute atomic E-state index is 0.311. The molecule has 1 N–H and O–H groups in total. The Kier molecular flexibility index (Phi) is 8.08. The lowest BCUT2D eigenvalue weighted by atomic mass is 9.90. The van der Waals surface area contributed by atoms with Crippen LogP contribution < -0.4 is 4.90 Å². The van der Waals surface area contributed by atoms with Crippen molar-refractivity contribution < 1.29 is 14.7 Å². The quantitative estimate of drug-likeness (QED) is 0.506. The second-order valence-corrected chi connectivity index (χ2v) is 9.15. The van der Waals surface area contributed by atoms with E-state index in [0.717, 1.165) is 37.9 Å². The lowest BCUT2D eigenvalue weighted by molar-refractivity contribution is -0.137. The van der Waals surface area contributed by atoms with Crippen LogP contribution in [-0.2, 0) is 17.6 Å². The van der Waals surface area contributed by atoms with E-state index in [4.69, 9.17) is 0 Å². The molecule has 1 fully saturated rings. The number of piperidine rings is 1. The van der Waals surface area contributed by atoms with Gasteiger partial charge >= 0.3 is 5.97 Å². The molecule has 1 aromatic heterocycles. The Morgan fingerprint density at radius 3 is 2.23 bits per heavy atom. The Morgan fingerprint density at radius 1 is 1.00 bits per heavy atom. The van der Waals surface area contributed by atoms with Crippen molar-refractivity contribution in [1.82, 2.24) is 14.9 Å². The maximum atomic E-state index is 13.2. The van der Waals surface area contributed by atoms with Crippen LogP contribution in [-0.4, -0.2) is 58.0 Å². The van der Waals surface area contributed by atoms with Crippen LogP contribution in [0.3, 0.4) is 0 Å². The molecule has 1 saturated heterocycles. The number of aryl methyl sites for hydroxylation is 1. The van der Waals surface area contributed by atoms with E-state index >= 15 is 0 Å². The lowest BCUT2D eigenvalue weighted by Gasteiger charge is -2.32. The van der Waals surface area contributed by atoms with Crippen LogP contribution in [0.4, 0.5) is 5.95 Å². The fourth-order valence-corrected chi connectivity index (χ4v) is 4.60. The summed E-state index contributed by atoms with van der Waals surface area (Å²) in [6.45, 7) is 3.50. The van der Waals surface area contributed by atoms with E-state index in [1.807, 2.05) is 36.4 Å². The number of rotatable bonds is 9. The molecule has 0 atom stereocenters. The molecule has 2 heterocycles. The van der Waals surface area contributed by atoms with Gasteiger partial charge in [0.05, 0.1) is 11.3 Å². The molecule has 1 aliphatic heterocycles. The van der Waals surface area contributed by atoms with Crippen LogP contribution >= 0.6 is 0 Å². The predicted octanol–water partition coefficient (Wildman–Crippen LogP) is 4.01. The van der Waals surface area contributed by atoms with Gasteiger partial charge < -0.3 is 14.9 Å². The third-order valence-electron chi connectivity index (χ3n) is 6.59. The van der Waals surface area contributed by atoms with E-state index in [1.165, 1.54) is 10.5 Å². The van der Waals surface area contributed by atoms with Crippen molar-refractivity contribution in [2.45, 2.75) is 32.6 Å². The van der Waals surface area contributed by atoms with Crippen molar-refractivity contribution in [3.63, 3.8) is 0 Å². The first kappa shape index (κ1) is 24.4. The van der Waals surface area contributed by atoms with Crippen molar-refractivity contribution in [3.05, 3.63) is 89.2 Å². The zero-order chi connectivity index (χ0) is 24.6. The predicted molar refractivity (Wildman–Crippen MR) is 136 cm³/mol. The monoisotopic (exact) mass is 472 g/mol. The Hall–Kier alpha value is -3.74. The van der Waals surface area contributed by atoms with Crippen molar-refractivity contribution in [2.75, 3.05) is 31.1 Å². The Balaban J connectivity index is 1.38. The van der Waals surface area contributed by atoms with Gasteiger partial charge in [0.15, 0.2) is 0 Å². The number of amides is 1. The molecular formula is C28H32N4O3. The SMILES string of the molecule is Cc1nc(N2CCC(Cc3ccccc3)CC2)ncc1C(=O)N(CCc1ccccc1)CC(=O)O. The molecule has 0 unspecified atom stereocenters. The van der Waals surface area contributed by atoms with E-state index in [-0.39, 0.29) is 12.5 Å². The van der Waals surface area contributed by atoms with Crippen molar-refractivity contribution >= 4 is 17.8 Å². The highest BCUT2D eigenvalue weighted by atomic mass is 16.4. The molecule has 7 nitrogen and oxygen atoms in total. The van der Waals surface area contributed by atoms with Gasteiger partial charge in [0.2, 0.25) is 5.95 Å². The summed E-state index contributed by atoms with van der Waals surface area (Å²) in [6, 6.07) is 20.3. The molecule has 182 valence electrons. The van der Waals surface area contributed by atoms with Gasteiger partial charge in [-0.2, -0.15) is 0 Å². The maximum absolute atomic E-state index is 13.2. The number of carbonyl (C=O) groups excluding carboxylic acids is 1. The molecule has 35 heavy (non-hydrogen) atoms. The molecule has 0 spiro atoms. The van der Waals surface area contributed by atoms with E-state index < -0.39 is 5.97 Å². The van der Waals surface area contributed by atoms with E-state index in [9.17, 15) is 14.7 Å². The van der Waals surface area contributed by atoms with Crippen LogP contribution in [0.2, 0.25) is 0 Å². The van der Waals surface area contributed by atoms with Gasteiger partial charge in [-0.25, -0.2) is 9.97 Å². The summed E-state index contributed by atoms with van der Waals surface area (Å²) >= 11 is 0. The number of aromatic nitrogens is 2. The summed E-state index contributed by atoms with van der Waals surface area (Å²) in [6.07, 6.45) is 5.36. The number of carboxylic acid groups (broad SMARTS) is 1. The van der Waals surface area contributed by atoms with Gasteiger partial charge in [0.1, 0.15) is 6.54 Å². The Bertz CT molecular complexity index is 1130. The summed E-state index contributed by atoms with van der Waals surface area (Å²) in [7, 11) is 0. The third kappa shape index (κ3) is 6.66. The van der Waals surface area contributed by atoms with Crippen molar-refractivity contribution in [3.8, 4) is 0 Å². The molecular weight excluding hydrogens is 440 g/mol. The first-order valence-electron chi connectivity index (χ1n) is 12.2. The van der Waals surface area contributed by atoms with Gasteiger partial charge in [-0.1, -0.05) is 60.7 Å². The zero-order valence-corrected chi connectivity index (χ0v) is 20.1. The minimum Gasteiger partial charge on any atom is -0.480 e. The highest BCUT2D eigenvalue weighted by molar-refractivity contribution is 5.96. The highest BCUT2D eigenvalue weighted by Crippen LogP contribution is 2.24. The number of hydrogen-bond donors (Lipinski definition) is 1. The topological polar surface area (TPSA) is 86.6 Å². The average Bonchev–Trinajstić information content (AvgIpc) is 2.87. The van der Waals surface area contributed by atoms with Gasteiger partial charge in [-0.15, -0.1) is 0 Å². The second kappa shape index (κ2) is 11.6. The normalized spacial score (nSPS) is 14.0. The number of hydrogen-bond acceptors (Lipinski definition) is 5. The number of carboxylic acids is 1. The molecule has 4 rings (SSSR count). The third-order valence-corrected chi connectivity index (χ3v) is 6.59. The van der Waals surface area contributed by atoms with Crippen LogP contribution in [0.1, 0.15) is 40.0 Å². The fourth-order valence-electron chi connectivity index (χ4n) is 4.60. The van der Waals surface area contributed by atoms with Crippen LogP contribution in [0.15, 0.2) is 66.9 Å². The largest absolute Gasteiger partial charge is 0.480 e. The number of aliphatic carboxylic acids is 1. The minimum atomic E-state index is -1.04. The lowest BCUT2D eigenvalue weighted by Crippen LogP contribution is -2.38. The maximum Gasteiger partial charge on any atom is 0.323 e. The second-order valence-electron chi connectivity index (χ2n) is 9.15. The first-order chi connectivity index (χ1) is 17.0. The first-order valence-corrected chi connectivity index (χ1v) is 12.2. The smallest absolute Gasteiger partial charge is 0.323 e. The standard InChI is InChI=1S/C28H32N4O3/c1-21-25(27(35)32(20-26(33)34)17-12-22-8-4-2-5-9-22)19-29-28(30-21)31-15-13-24(14-16-31)18-23-10-6-3-7-11-23/h2-11,19,24H,12-18,20H2,1H3,(H,33,34). The summed E-state index contributed by atoms with van der Waals surface area (Å²) in [4.78, 5) is 37.3. The van der Waals surface area contributed by atoms with E-state index in [2.05, 4.69) is 39.1 Å². The van der Waals surface area contributed by atoms with E-state index in [0.29, 0.717) is 36.1 Å². The number of benzene rings is 2. The fraction of sp³-hybridized carbons (Fsp3) is 0.357. The van der Waals surface area contributed by atoms with Gasteiger partial charge in [0, 0.05) is 25.8 Å². The van der Waals surface area contributed by atoms with Crippen LogP contribution in [0, 0.1) is 12.8 Å². The molecule has 2 aromatic carbocycles. The summed E-state index contributed by atoms with van der Waals surface area (Å²) in [5, 5.41) is 9.34. The van der Waals surface area contributed by atoms with Crippen molar-refractivity contribution in [2.24, 2.45) is 5.92 Å². The zero-order valence-electron chi connectivity index (χ0n) is 20.1. The molecule has 0 aliphatic carbocycles. The summed E-state index contributed by atoms with van der Waals surface area (Å²) in [5.74, 6) is -0.120. The average molecular weight is 473 g/mol. The molecule has 3 aromatic rings. The van der Waals surface area contributed by atoms with Gasteiger partial charge in [-0.05, 0) is 49.7 Å². The summed E-state index contributed by atoms with van der Waals surface area (Å²) in [5.41, 5.74) is 3.34.